The van der Waals surface area contributed by atoms with Crippen molar-refractivity contribution in [3.05, 3.63) is 11.3 Å². The lowest BCUT2D eigenvalue weighted by molar-refractivity contribution is 0.0214. The molecule has 1 fully saturated rings. The van der Waals surface area contributed by atoms with Crippen LogP contribution in [0, 0.1) is 6.92 Å². The van der Waals surface area contributed by atoms with E-state index in [-0.39, 0.29) is 0 Å². The Bertz CT molecular complexity index is 410. The Morgan fingerprint density at radius 1 is 1.47 bits per heavy atom. The third-order valence-electron chi connectivity index (χ3n) is 3.82. The summed E-state index contributed by atoms with van der Waals surface area (Å²) < 4.78 is 7.78. The molecule has 5 heteroatoms. The number of ether oxygens (including phenoxy) is 1. The molecule has 0 aromatic carbocycles. The van der Waals surface area contributed by atoms with Crippen molar-refractivity contribution >= 4 is 5.82 Å². The normalized spacial score (nSPS) is 19.7. The molecule has 1 unspecified atom stereocenters. The van der Waals surface area contributed by atoms with E-state index in [4.69, 9.17) is 10.5 Å². The molecule has 19 heavy (non-hydrogen) atoms. The number of nitrogens with two attached hydrogens (primary N) is 1. The van der Waals surface area contributed by atoms with Gasteiger partial charge in [-0.2, -0.15) is 5.10 Å². The summed E-state index contributed by atoms with van der Waals surface area (Å²) in [5, 5.41) is 4.52. The van der Waals surface area contributed by atoms with Gasteiger partial charge in [-0.15, -0.1) is 0 Å². The van der Waals surface area contributed by atoms with E-state index in [0.29, 0.717) is 12.6 Å². The molecule has 0 spiro atoms. The zero-order valence-electron chi connectivity index (χ0n) is 12.4. The van der Waals surface area contributed by atoms with E-state index in [2.05, 4.69) is 24.0 Å². The second-order valence-electron chi connectivity index (χ2n) is 5.42. The van der Waals surface area contributed by atoms with E-state index < -0.39 is 0 Å². The molecule has 1 aromatic heterocycles. The van der Waals surface area contributed by atoms with Crippen molar-refractivity contribution in [2.75, 3.05) is 31.6 Å². The number of aromatic nitrogens is 2. The fraction of sp³-hybridized carbons (Fsp3) is 0.786. The van der Waals surface area contributed by atoms with Crippen LogP contribution in [0.15, 0.2) is 0 Å². The largest absolute Gasteiger partial charge is 0.376 e. The highest BCUT2D eigenvalue weighted by molar-refractivity contribution is 5.49. The summed E-state index contributed by atoms with van der Waals surface area (Å²) in [6.45, 7) is 4.54. The SMILES string of the molecule is Cc1nn(C)c(N(C)CC2CCCCO2)c1CCN. The molecule has 1 atom stereocenters. The molecular formula is C14H26N4O. The van der Waals surface area contributed by atoms with Crippen LogP contribution in [0.4, 0.5) is 5.82 Å². The zero-order chi connectivity index (χ0) is 13.8. The highest BCUT2D eigenvalue weighted by Gasteiger charge is 2.21. The summed E-state index contributed by atoms with van der Waals surface area (Å²) in [6.07, 6.45) is 4.86. The van der Waals surface area contributed by atoms with Crippen LogP contribution in [-0.2, 0) is 18.2 Å². The number of rotatable bonds is 5. The Morgan fingerprint density at radius 3 is 2.89 bits per heavy atom. The summed E-state index contributed by atoms with van der Waals surface area (Å²) in [6, 6.07) is 0. The van der Waals surface area contributed by atoms with Gasteiger partial charge in [-0.3, -0.25) is 4.68 Å². The van der Waals surface area contributed by atoms with Crippen molar-refractivity contribution in [1.82, 2.24) is 9.78 Å². The number of hydrogen-bond donors (Lipinski definition) is 1. The van der Waals surface area contributed by atoms with E-state index in [9.17, 15) is 0 Å². The van der Waals surface area contributed by atoms with Crippen molar-refractivity contribution in [1.29, 1.82) is 0 Å². The first-order chi connectivity index (χ1) is 9.13. The molecule has 2 rings (SSSR count). The summed E-state index contributed by atoms with van der Waals surface area (Å²) in [5.41, 5.74) is 8.06. The molecule has 1 aliphatic heterocycles. The van der Waals surface area contributed by atoms with Gasteiger partial charge in [0.15, 0.2) is 0 Å². The van der Waals surface area contributed by atoms with Gasteiger partial charge in [0.05, 0.1) is 11.8 Å². The fourth-order valence-electron chi connectivity index (χ4n) is 2.95. The van der Waals surface area contributed by atoms with Crippen molar-refractivity contribution in [2.24, 2.45) is 12.8 Å². The lowest BCUT2D eigenvalue weighted by Gasteiger charge is -2.29. The van der Waals surface area contributed by atoms with Gasteiger partial charge in [-0.05, 0) is 39.2 Å². The highest BCUT2D eigenvalue weighted by Crippen LogP contribution is 2.24. The Hall–Kier alpha value is -1.07. The lowest BCUT2D eigenvalue weighted by atomic mass is 10.1. The van der Waals surface area contributed by atoms with Gasteiger partial charge in [-0.1, -0.05) is 0 Å². The molecule has 2 heterocycles. The Balaban J connectivity index is 2.10. The first-order valence-corrected chi connectivity index (χ1v) is 7.18. The molecule has 108 valence electrons. The van der Waals surface area contributed by atoms with Crippen molar-refractivity contribution in [3.63, 3.8) is 0 Å². The molecule has 5 nitrogen and oxygen atoms in total. The van der Waals surface area contributed by atoms with E-state index >= 15 is 0 Å². The number of nitrogens with zero attached hydrogens (tertiary/aromatic N) is 3. The van der Waals surface area contributed by atoms with E-state index in [1.165, 1.54) is 24.2 Å². The van der Waals surface area contributed by atoms with Crippen LogP contribution in [0.2, 0.25) is 0 Å². The van der Waals surface area contributed by atoms with Gasteiger partial charge in [0.1, 0.15) is 5.82 Å². The smallest absolute Gasteiger partial charge is 0.129 e. The number of likely N-dealkylation sites (N-methyl/N-ethyl adjacent to an activating group) is 1. The van der Waals surface area contributed by atoms with Crippen LogP contribution in [0.5, 0.6) is 0 Å². The van der Waals surface area contributed by atoms with Crippen LogP contribution in [0.1, 0.15) is 30.5 Å². The van der Waals surface area contributed by atoms with Gasteiger partial charge in [0, 0.05) is 32.8 Å². The second kappa shape index (κ2) is 6.39. The monoisotopic (exact) mass is 266 g/mol. The molecule has 0 radical (unpaired) electrons. The maximum atomic E-state index is 5.82. The van der Waals surface area contributed by atoms with Crippen LogP contribution < -0.4 is 10.6 Å². The van der Waals surface area contributed by atoms with Crippen molar-refractivity contribution < 1.29 is 4.74 Å². The predicted molar refractivity (Wildman–Crippen MR) is 77.6 cm³/mol. The quantitative estimate of drug-likeness (QED) is 0.871. The van der Waals surface area contributed by atoms with E-state index in [1.807, 2.05) is 11.7 Å². The van der Waals surface area contributed by atoms with Crippen LogP contribution in [0.25, 0.3) is 0 Å². The maximum absolute atomic E-state index is 5.82. The first kappa shape index (κ1) is 14.3. The molecule has 0 bridgehead atoms. The lowest BCUT2D eigenvalue weighted by Crippen LogP contribution is -2.34. The van der Waals surface area contributed by atoms with Crippen LogP contribution >= 0.6 is 0 Å². The molecule has 1 aliphatic rings. The standard InChI is InChI=1S/C14H26N4O/c1-11-13(7-8-15)14(18(3)16-11)17(2)10-12-6-4-5-9-19-12/h12H,4-10,15H2,1-3H3. The molecule has 1 saturated heterocycles. The topological polar surface area (TPSA) is 56.3 Å². The fourth-order valence-corrected chi connectivity index (χ4v) is 2.95. The molecule has 0 amide bonds. The molecule has 2 N–H and O–H groups in total. The first-order valence-electron chi connectivity index (χ1n) is 7.18. The highest BCUT2D eigenvalue weighted by atomic mass is 16.5. The summed E-state index contributed by atoms with van der Waals surface area (Å²) in [5.74, 6) is 1.18. The van der Waals surface area contributed by atoms with Crippen LogP contribution in [-0.4, -0.2) is 42.6 Å². The van der Waals surface area contributed by atoms with Gasteiger partial charge >= 0.3 is 0 Å². The third kappa shape index (κ3) is 3.28. The number of aryl methyl sites for hydroxylation is 2. The van der Waals surface area contributed by atoms with Gasteiger partial charge < -0.3 is 15.4 Å². The van der Waals surface area contributed by atoms with Crippen LogP contribution in [0.3, 0.4) is 0 Å². The van der Waals surface area contributed by atoms with Gasteiger partial charge in [-0.25, -0.2) is 0 Å². The maximum Gasteiger partial charge on any atom is 0.129 e. The van der Waals surface area contributed by atoms with Gasteiger partial charge in [0.2, 0.25) is 0 Å². The summed E-state index contributed by atoms with van der Waals surface area (Å²) in [7, 11) is 4.12. The van der Waals surface area contributed by atoms with Crippen molar-refractivity contribution in [2.45, 2.75) is 38.7 Å². The Kier molecular flexibility index (Phi) is 4.82. The minimum absolute atomic E-state index is 0.347. The Morgan fingerprint density at radius 2 is 2.26 bits per heavy atom. The number of anilines is 1. The summed E-state index contributed by atoms with van der Waals surface area (Å²) >= 11 is 0. The summed E-state index contributed by atoms with van der Waals surface area (Å²) in [4.78, 5) is 2.26. The molecular weight excluding hydrogens is 240 g/mol. The van der Waals surface area contributed by atoms with Crippen molar-refractivity contribution in [3.8, 4) is 0 Å². The molecule has 0 saturated carbocycles. The number of hydrogen-bond acceptors (Lipinski definition) is 4. The average Bonchev–Trinajstić information content (AvgIpc) is 2.66. The van der Waals surface area contributed by atoms with E-state index in [0.717, 1.165) is 31.7 Å². The minimum Gasteiger partial charge on any atom is -0.376 e. The average molecular weight is 266 g/mol. The minimum atomic E-state index is 0.347. The molecule has 0 aliphatic carbocycles. The second-order valence-corrected chi connectivity index (χ2v) is 5.42. The molecule has 1 aromatic rings. The third-order valence-corrected chi connectivity index (χ3v) is 3.82. The van der Waals surface area contributed by atoms with E-state index in [1.54, 1.807) is 0 Å². The zero-order valence-corrected chi connectivity index (χ0v) is 12.4. The predicted octanol–water partition coefficient (Wildman–Crippen LogP) is 1.24. The van der Waals surface area contributed by atoms with Gasteiger partial charge in [0.25, 0.3) is 0 Å². The Labute approximate surface area is 115 Å².